The first kappa shape index (κ1) is 52.3. The molecule has 3 aliphatic heterocycles. The molecule has 15 atom stereocenters. The van der Waals surface area contributed by atoms with Crippen molar-refractivity contribution in [3.8, 4) is 0 Å². The van der Waals surface area contributed by atoms with Gasteiger partial charge in [-0.1, -0.05) is 152 Å². The van der Waals surface area contributed by atoms with Gasteiger partial charge in [-0.3, -0.25) is 4.79 Å². The van der Waals surface area contributed by atoms with Crippen LogP contribution in [0.5, 0.6) is 0 Å². The number of benzene rings is 5. The van der Waals surface area contributed by atoms with Crippen LogP contribution in [0.15, 0.2) is 152 Å². The van der Waals surface area contributed by atoms with Crippen molar-refractivity contribution in [2.24, 2.45) is 0 Å². The summed E-state index contributed by atoms with van der Waals surface area (Å²) in [6, 6.07) is 46.9. The van der Waals surface area contributed by atoms with Gasteiger partial charge in [0.1, 0.15) is 67.1 Å². The van der Waals surface area contributed by atoms with Gasteiger partial charge in [0, 0.05) is 6.92 Å². The molecule has 5 aromatic carbocycles. The third-order valence-corrected chi connectivity index (χ3v) is 12.7. The maximum absolute atomic E-state index is 13.4. The molecule has 3 saturated heterocycles. The number of ether oxygens (including phenoxy) is 10. The topological polar surface area (TPSA) is 202 Å². The van der Waals surface area contributed by atoms with Crippen LogP contribution in [0.4, 0.5) is 0 Å². The molecule has 3 heterocycles. The first-order valence-corrected chi connectivity index (χ1v) is 24.1. The minimum absolute atomic E-state index is 0.0692. The molecule has 3 aliphatic rings. The summed E-state index contributed by atoms with van der Waals surface area (Å²) in [6.45, 7) is 3.16. The highest BCUT2D eigenvalue weighted by Gasteiger charge is 2.56. The minimum atomic E-state index is -1.81. The van der Waals surface area contributed by atoms with Crippen LogP contribution in [0.25, 0.3) is 0 Å². The molecule has 5 N–H and O–H groups in total. The van der Waals surface area contributed by atoms with E-state index < -0.39 is 105 Å². The van der Waals surface area contributed by atoms with Crippen molar-refractivity contribution in [3.05, 3.63) is 179 Å². The quantitative estimate of drug-likeness (QED) is 0.0638. The molecular formula is C55H65NO15. The molecule has 0 aliphatic carbocycles. The summed E-state index contributed by atoms with van der Waals surface area (Å²) in [6.07, 6.45) is -17.6. The molecule has 71 heavy (non-hydrogen) atoms. The standard InChI is InChI=1S/C55H65NO15/c1-35-48(63-30-38-20-10-4-11-21-38)51(64-31-39-22-12-5-13-23-39)52(65-32-40-24-14-6-15-25-40)55(67-35)71-50-44(56-36(2)58)53(66-33-41-26-16-7-17-27-41)69-43(34-62-29-37-18-8-3-9-19-37)49(50)70-54-47(61)46(60)45(59)42(28-57)68-54/h3-27,35,42-55,57,59-61H,28-34H2,1-2H3,(H,56,58)/t35?,42?,43?,44-,45-,46-,47-,48+,49+,50+,51-,52-,53-,54-,55-/m0/s1. The van der Waals surface area contributed by atoms with Gasteiger partial charge in [-0.15, -0.1) is 0 Å². The number of hydrogen-bond acceptors (Lipinski definition) is 15. The number of rotatable bonds is 22. The van der Waals surface area contributed by atoms with Crippen molar-refractivity contribution in [3.63, 3.8) is 0 Å². The molecule has 16 heteroatoms. The van der Waals surface area contributed by atoms with E-state index in [4.69, 9.17) is 47.4 Å². The Kier molecular flexibility index (Phi) is 19.2. The lowest BCUT2D eigenvalue weighted by Gasteiger charge is -2.51. The molecule has 0 aromatic heterocycles. The molecule has 3 fully saturated rings. The smallest absolute Gasteiger partial charge is 0.217 e. The average molecular weight is 980 g/mol. The van der Waals surface area contributed by atoms with Crippen LogP contribution in [0, 0.1) is 0 Å². The van der Waals surface area contributed by atoms with Crippen LogP contribution in [-0.4, -0.2) is 132 Å². The van der Waals surface area contributed by atoms with Crippen LogP contribution < -0.4 is 5.32 Å². The fourth-order valence-corrected chi connectivity index (χ4v) is 8.98. The van der Waals surface area contributed by atoms with Crippen LogP contribution in [-0.2, 0) is 85.2 Å². The van der Waals surface area contributed by atoms with Crippen LogP contribution in [0.3, 0.4) is 0 Å². The summed E-state index contributed by atoms with van der Waals surface area (Å²) in [5, 5.41) is 46.4. The van der Waals surface area contributed by atoms with Gasteiger partial charge in [-0.05, 0) is 34.7 Å². The Balaban J connectivity index is 1.19. The molecule has 0 saturated carbocycles. The Labute approximate surface area is 414 Å². The third kappa shape index (κ3) is 14.2. The number of aliphatic hydroxyl groups is 4. The monoisotopic (exact) mass is 979 g/mol. The van der Waals surface area contributed by atoms with E-state index in [1.165, 1.54) is 6.92 Å². The van der Waals surface area contributed by atoms with Gasteiger partial charge in [0.25, 0.3) is 0 Å². The normalized spacial score (nSPS) is 30.9. The highest BCUT2D eigenvalue weighted by atomic mass is 16.8. The van der Waals surface area contributed by atoms with Crippen molar-refractivity contribution < 1.29 is 72.6 Å². The van der Waals surface area contributed by atoms with E-state index in [1.807, 2.05) is 159 Å². The molecule has 0 radical (unpaired) electrons. The first-order chi connectivity index (χ1) is 34.6. The van der Waals surface area contributed by atoms with E-state index in [1.54, 1.807) is 0 Å². The maximum Gasteiger partial charge on any atom is 0.217 e. The average Bonchev–Trinajstić information content (AvgIpc) is 3.39. The van der Waals surface area contributed by atoms with Crippen molar-refractivity contribution in [1.82, 2.24) is 5.32 Å². The van der Waals surface area contributed by atoms with E-state index in [9.17, 15) is 25.2 Å². The number of hydrogen-bond donors (Lipinski definition) is 5. The molecule has 8 rings (SSSR count). The zero-order valence-electron chi connectivity index (χ0n) is 39.8. The summed E-state index contributed by atoms with van der Waals surface area (Å²) in [5.74, 6) is -0.459. The van der Waals surface area contributed by atoms with Crippen molar-refractivity contribution in [2.75, 3.05) is 13.2 Å². The molecule has 0 spiro atoms. The summed E-state index contributed by atoms with van der Waals surface area (Å²) < 4.78 is 66.8. The second-order valence-corrected chi connectivity index (χ2v) is 18.0. The van der Waals surface area contributed by atoms with Gasteiger partial charge in [-0.25, -0.2) is 0 Å². The van der Waals surface area contributed by atoms with E-state index in [0.29, 0.717) is 0 Å². The lowest BCUT2D eigenvalue weighted by atomic mass is 9.94. The Morgan fingerprint density at radius 1 is 0.479 bits per heavy atom. The molecule has 5 aromatic rings. The van der Waals surface area contributed by atoms with Gasteiger partial charge in [0.2, 0.25) is 5.91 Å². The zero-order valence-corrected chi connectivity index (χ0v) is 39.8. The lowest BCUT2D eigenvalue weighted by Crippen LogP contribution is -2.70. The predicted octanol–water partition coefficient (Wildman–Crippen LogP) is 4.72. The van der Waals surface area contributed by atoms with Gasteiger partial charge in [-0.2, -0.15) is 0 Å². The van der Waals surface area contributed by atoms with Crippen LogP contribution >= 0.6 is 0 Å². The summed E-state index contributed by atoms with van der Waals surface area (Å²) in [4.78, 5) is 13.4. The first-order valence-electron chi connectivity index (χ1n) is 24.1. The largest absolute Gasteiger partial charge is 0.394 e. The second kappa shape index (κ2) is 26.1. The summed E-state index contributed by atoms with van der Waals surface area (Å²) >= 11 is 0. The van der Waals surface area contributed by atoms with E-state index >= 15 is 0 Å². The van der Waals surface area contributed by atoms with E-state index in [-0.39, 0.29) is 39.6 Å². The number of amides is 1. The van der Waals surface area contributed by atoms with Gasteiger partial charge in [0.05, 0.1) is 52.4 Å². The van der Waals surface area contributed by atoms with E-state index in [2.05, 4.69) is 5.32 Å². The molecule has 380 valence electrons. The number of carbonyl (C=O) groups excluding carboxylic acids is 1. The summed E-state index contributed by atoms with van der Waals surface area (Å²) in [7, 11) is 0. The van der Waals surface area contributed by atoms with E-state index in [0.717, 1.165) is 27.8 Å². The Morgan fingerprint density at radius 3 is 1.41 bits per heavy atom. The highest BCUT2D eigenvalue weighted by Crippen LogP contribution is 2.37. The number of carbonyl (C=O) groups is 1. The Morgan fingerprint density at radius 2 is 0.915 bits per heavy atom. The Hall–Kier alpha value is -4.99. The van der Waals surface area contributed by atoms with Gasteiger partial charge < -0.3 is 73.1 Å². The zero-order chi connectivity index (χ0) is 49.5. The molecule has 16 nitrogen and oxygen atoms in total. The van der Waals surface area contributed by atoms with Crippen molar-refractivity contribution in [1.29, 1.82) is 0 Å². The fraction of sp³-hybridized carbons (Fsp3) is 0.436. The van der Waals surface area contributed by atoms with Crippen molar-refractivity contribution >= 4 is 5.91 Å². The molecule has 0 bridgehead atoms. The predicted molar refractivity (Wildman–Crippen MR) is 256 cm³/mol. The maximum atomic E-state index is 13.4. The number of nitrogens with one attached hydrogen (secondary N) is 1. The Bertz CT molecular complexity index is 2300. The SMILES string of the molecule is CC(=O)N[C@@H]1[C@@H](OCc2ccccc2)OC(COCc2ccccc2)[C@@H](O[C@@H]2OC(CO)[C@H](O)[C@H](O)[C@@H]2O)[C@@H]1O[C@@H]1OC(C)[C@@H](OCc2ccccc2)[C@H](OCc2ccccc2)[C@@H]1OCc1ccccc1. The van der Waals surface area contributed by atoms with Crippen molar-refractivity contribution in [2.45, 2.75) is 139 Å². The fourth-order valence-electron chi connectivity index (χ4n) is 8.98. The van der Waals surface area contributed by atoms with Crippen LogP contribution in [0.2, 0.25) is 0 Å². The second-order valence-electron chi connectivity index (χ2n) is 18.0. The minimum Gasteiger partial charge on any atom is -0.394 e. The molecule has 1 amide bonds. The van der Waals surface area contributed by atoms with Gasteiger partial charge >= 0.3 is 0 Å². The lowest BCUT2D eigenvalue weighted by molar-refractivity contribution is -0.380. The highest BCUT2D eigenvalue weighted by molar-refractivity contribution is 5.73. The third-order valence-electron chi connectivity index (χ3n) is 12.7. The molecular weight excluding hydrogens is 915 g/mol. The van der Waals surface area contributed by atoms with Crippen LogP contribution in [0.1, 0.15) is 41.7 Å². The van der Waals surface area contributed by atoms with Gasteiger partial charge in [0.15, 0.2) is 18.9 Å². The molecule has 3 unspecified atom stereocenters. The number of aliphatic hydroxyl groups excluding tert-OH is 4. The summed E-state index contributed by atoms with van der Waals surface area (Å²) in [5.41, 5.74) is 4.42.